The molecule has 3 N–H and O–H groups in total. The molecular formula is C29H29N5O4S. The lowest BCUT2D eigenvalue weighted by atomic mass is 9.94. The first-order chi connectivity index (χ1) is 18.9. The Bertz CT molecular complexity index is 1550. The third kappa shape index (κ3) is 5.56. The molecular weight excluding hydrogens is 514 g/mol. The smallest absolute Gasteiger partial charge is 0.255 e. The number of anilines is 2. The van der Waals surface area contributed by atoms with Crippen molar-refractivity contribution in [2.45, 2.75) is 30.8 Å². The minimum absolute atomic E-state index is 0.00772. The van der Waals surface area contributed by atoms with Crippen LogP contribution in [-0.4, -0.2) is 40.0 Å². The Hall–Kier alpha value is -4.44. The van der Waals surface area contributed by atoms with Crippen LogP contribution in [0.15, 0.2) is 83.2 Å². The topological polar surface area (TPSA) is 111 Å². The summed E-state index contributed by atoms with van der Waals surface area (Å²) in [6.07, 6.45) is 0. The summed E-state index contributed by atoms with van der Waals surface area (Å²) in [7, 11) is 3.08. The third-order valence-electron chi connectivity index (χ3n) is 6.40. The molecule has 9 nitrogen and oxygen atoms in total. The van der Waals surface area contributed by atoms with E-state index in [0.29, 0.717) is 50.9 Å². The van der Waals surface area contributed by atoms with Crippen molar-refractivity contribution in [2.24, 2.45) is 0 Å². The lowest BCUT2D eigenvalue weighted by Gasteiger charge is -2.29. The van der Waals surface area contributed by atoms with Gasteiger partial charge in [-0.3, -0.25) is 4.79 Å². The molecule has 0 bridgehead atoms. The van der Waals surface area contributed by atoms with E-state index >= 15 is 0 Å². The number of allylic oxidation sites excluding steroid dienone is 1. The fraction of sp³-hybridized carbons (Fsp3) is 0.207. The summed E-state index contributed by atoms with van der Waals surface area (Å²) < 4.78 is 12.3. The van der Waals surface area contributed by atoms with E-state index in [0.717, 1.165) is 0 Å². The molecule has 0 spiro atoms. The van der Waals surface area contributed by atoms with Crippen LogP contribution < -0.4 is 20.1 Å². The summed E-state index contributed by atoms with van der Waals surface area (Å²) >= 11 is 1.52. The molecule has 10 heteroatoms. The van der Waals surface area contributed by atoms with Gasteiger partial charge in [-0.2, -0.15) is 4.98 Å². The zero-order chi connectivity index (χ0) is 27.5. The summed E-state index contributed by atoms with van der Waals surface area (Å²) in [4.78, 5) is 18.4. The number of benzene rings is 3. The number of nitrogens with one attached hydrogen (secondary N) is 2. The second-order valence-electron chi connectivity index (χ2n) is 9.12. The third-order valence-corrected chi connectivity index (χ3v) is 7.30. The van der Waals surface area contributed by atoms with E-state index in [1.165, 1.54) is 30.0 Å². The maximum absolute atomic E-state index is 13.7. The molecule has 1 amide bonds. The van der Waals surface area contributed by atoms with Crippen LogP contribution in [-0.2, 0) is 10.5 Å². The summed E-state index contributed by atoms with van der Waals surface area (Å²) in [6.45, 7) is 3.90. The zero-order valence-corrected chi connectivity index (χ0v) is 22.9. The normalized spacial score (nSPS) is 14.4. The second-order valence-corrected chi connectivity index (χ2v) is 10.1. The number of amides is 1. The van der Waals surface area contributed by atoms with Crippen molar-refractivity contribution < 1.29 is 19.4 Å². The SMILES string of the molecule is COc1ccc(NC(=O)C2=C(C)Nc3nc(SCc4cccc(C)c4)nn3[C@@H]2c2ccc(O)c(OC)c2)cc1. The van der Waals surface area contributed by atoms with Crippen LogP contribution >= 0.6 is 11.8 Å². The van der Waals surface area contributed by atoms with Gasteiger partial charge in [-0.15, -0.1) is 5.10 Å². The summed E-state index contributed by atoms with van der Waals surface area (Å²) in [5.74, 6) is 1.94. The first-order valence-corrected chi connectivity index (χ1v) is 13.3. The fourth-order valence-corrected chi connectivity index (χ4v) is 5.25. The second kappa shape index (κ2) is 11.1. The van der Waals surface area contributed by atoms with Gasteiger partial charge in [-0.1, -0.05) is 47.7 Å². The molecule has 39 heavy (non-hydrogen) atoms. The van der Waals surface area contributed by atoms with Crippen molar-refractivity contribution >= 4 is 29.3 Å². The Morgan fingerprint density at radius 1 is 1.08 bits per heavy atom. The van der Waals surface area contributed by atoms with E-state index in [9.17, 15) is 9.90 Å². The van der Waals surface area contributed by atoms with E-state index in [1.807, 2.05) is 13.0 Å². The van der Waals surface area contributed by atoms with Gasteiger partial charge < -0.3 is 25.2 Å². The molecule has 1 aliphatic heterocycles. The molecule has 1 aromatic heterocycles. The van der Waals surface area contributed by atoms with Crippen molar-refractivity contribution in [1.82, 2.24) is 14.8 Å². The molecule has 0 aliphatic carbocycles. The molecule has 5 rings (SSSR count). The highest BCUT2D eigenvalue weighted by atomic mass is 32.2. The Labute approximate surface area is 230 Å². The van der Waals surface area contributed by atoms with E-state index in [2.05, 4.69) is 35.8 Å². The Morgan fingerprint density at radius 2 is 1.87 bits per heavy atom. The van der Waals surface area contributed by atoms with Gasteiger partial charge >= 0.3 is 0 Å². The predicted octanol–water partition coefficient (Wildman–Crippen LogP) is 5.53. The number of aryl methyl sites for hydroxylation is 1. The van der Waals surface area contributed by atoms with Crippen molar-refractivity contribution in [3.05, 3.63) is 94.7 Å². The summed E-state index contributed by atoms with van der Waals surface area (Å²) in [5.41, 5.74) is 4.82. The standard InChI is InChI=1S/C29H29N5O4S/c1-17-6-5-7-19(14-17)16-39-29-32-28-30-18(2)25(27(36)31-21-9-11-22(37-3)12-10-21)26(34(28)33-29)20-8-13-23(35)24(15-20)38-4/h5-15,26,35H,16H2,1-4H3,(H,31,36)(H,30,32,33)/t26-/m1/s1. The monoisotopic (exact) mass is 543 g/mol. The molecule has 2 heterocycles. The number of hydrogen-bond donors (Lipinski definition) is 3. The fourth-order valence-electron chi connectivity index (χ4n) is 4.48. The Kier molecular flexibility index (Phi) is 7.47. The number of hydrogen-bond acceptors (Lipinski definition) is 8. The highest BCUT2D eigenvalue weighted by Crippen LogP contribution is 2.39. The van der Waals surface area contributed by atoms with Gasteiger partial charge in [0.1, 0.15) is 11.8 Å². The van der Waals surface area contributed by atoms with Crippen molar-refractivity contribution in [3.8, 4) is 17.2 Å². The van der Waals surface area contributed by atoms with Gasteiger partial charge in [0.2, 0.25) is 11.1 Å². The minimum atomic E-state index is -0.616. The molecule has 1 atom stereocenters. The number of nitrogens with zero attached hydrogens (tertiary/aromatic N) is 3. The van der Waals surface area contributed by atoms with Crippen molar-refractivity contribution in [3.63, 3.8) is 0 Å². The largest absolute Gasteiger partial charge is 0.504 e. The minimum Gasteiger partial charge on any atom is -0.504 e. The van der Waals surface area contributed by atoms with Crippen molar-refractivity contribution in [2.75, 3.05) is 24.9 Å². The lowest BCUT2D eigenvalue weighted by Crippen LogP contribution is -2.31. The Morgan fingerprint density at radius 3 is 2.59 bits per heavy atom. The number of phenolic OH excluding ortho intramolecular Hbond substituents is 1. The zero-order valence-electron chi connectivity index (χ0n) is 22.1. The number of thioether (sulfide) groups is 1. The van der Waals surface area contributed by atoms with Crippen LogP contribution in [0.4, 0.5) is 11.6 Å². The average Bonchev–Trinajstić information content (AvgIpc) is 3.34. The van der Waals surface area contributed by atoms with Gasteiger partial charge in [0, 0.05) is 17.1 Å². The number of ether oxygens (including phenoxy) is 2. The predicted molar refractivity (Wildman–Crippen MR) is 152 cm³/mol. The van der Waals surface area contributed by atoms with Gasteiger partial charge in [-0.25, -0.2) is 4.68 Å². The number of aromatic hydroxyl groups is 1. The molecule has 0 fully saturated rings. The highest BCUT2D eigenvalue weighted by molar-refractivity contribution is 7.98. The maximum Gasteiger partial charge on any atom is 0.255 e. The number of fused-ring (bicyclic) bond motifs is 1. The van der Waals surface area contributed by atoms with E-state index in [4.69, 9.17) is 19.6 Å². The van der Waals surface area contributed by atoms with Crippen LogP contribution in [0.2, 0.25) is 0 Å². The van der Waals surface area contributed by atoms with E-state index < -0.39 is 6.04 Å². The summed E-state index contributed by atoms with van der Waals surface area (Å²) in [5, 5.41) is 21.8. The first kappa shape index (κ1) is 26.2. The summed E-state index contributed by atoms with van der Waals surface area (Å²) in [6, 6.07) is 19.8. The quantitative estimate of drug-likeness (QED) is 0.249. The highest BCUT2D eigenvalue weighted by Gasteiger charge is 2.35. The van der Waals surface area contributed by atoms with Crippen LogP contribution in [0.3, 0.4) is 0 Å². The van der Waals surface area contributed by atoms with Gasteiger partial charge in [-0.05, 0) is 61.4 Å². The Balaban J connectivity index is 1.50. The molecule has 0 unspecified atom stereocenters. The molecule has 0 saturated heterocycles. The first-order valence-electron chi connectivity index (χ1n) is 12.3. The van der Waals surface area contributed by atoms with Gasteiger partial charge in [0.05, 0.1) is 19.8 Å². The molecule has 0 radical (unpaired) electrons. The van der Waals surface area contributed by atoms with Gasteiger partial charge in [0.15, 0.2) is 11.5 Å². The molecule has 3 aromatic carbocycles. The number of phenols is 1. The number of aromatic nitrogens is 3. The maximum atomic E-state index is 13.7. The number of rotatable bonds is 8. The van der Waals surface area contributed by atoms with Crippen LogP contribution in [0.5, 0.6) is 17.2 Å². The molecule has 4 aromatic rings. The van der Waals surface area contributed by atoms with E-state index in [-0.39, 0.29) is 11.7 Å². The van der Waals surface area contributed by atoms with Crippen LogP contribution in [0.1, 0.15) is 29.7 Å². The number of methoxy groups -OCH3 is 2. The number of carbonyl (C=O) groups excluding carboxylic acids is 1. The van der Waals surface area contributed by atoms with Crippen molar-refractivity contribution in [1.29, 1.82) is 0 Å². The van der Waals surface area contributed by atoms with Crippen LogP contribution in [0, 0.1) is 6.92 Å². The van der Waals surface area contributed by atoms with Gasteiger partial charge in [0.25, 0.3) is 5.91 Å². The number of carbonyl (C=O) groups is 1. The molecule has 0 saturated carbocycles. The molecule has 200 valence electrons. The van der Waals surface area contributed by atoms with E-state index in [1.54, 1.807) is 54.3 Å². The lowest BCUT2D eigenvalue weighted by molar-refractivity contribution is -0.113. The molecule has 1 aliphatic rings. The van der Waals surface area contributed by atoms with Crippen LogP contribution in [0.25, 0.3) is 0 Å². The average molecular weight is 544 g/mol.